The van der Waals surface area contributed by atoms with Crippen molar-refractivity contribution in [2.45, 2.75) is 78.6 Å². The molecule has 0 aromatic rings. The average Bonchev–Trinajstić information content (AvgIpc) is 2.24. The molecule has 0 radical (unpaired) electrons. The van der Waals surface area contributed by atoms with Gasteiger partial charge in [-0.15, -0.1) is 0 Å². The van der Waals surface area contributed by atoms with Gasteiger partial charge in [-0.2, -0.15) is 0 Å². The number of carbonyl (C=O) groups is 1. The lowest BCUT2D eigenvalue weighted by atomic mass is 9.81. The molecule has 1 fully saturated rings. The number of hydrogen-bond donors (Lipinski definition) is 1. The fourth-order valence-electron chi connectivity index (χ4n) is 2.41. The van der Waals surface area contributed by atoms with Gasteiger partial charge >= 0.3 is 6.09 Å². The van der Waals surface area contributed by atoms with Crippen molar-refractivity contribution in [1.82, 2.24) is 4.90 Å². The molecule has 1 N–H and O–H groups in total. The highest BCUT2D eigenvalue weighted by atomic mass is 16.6. The molecular formula is C15H29NO3. The minimum atomic E-state index is -0.527. The van der Waals surface area contributed by atoms with E-state index in [1.54, 1.807) is 4.90 Å². The Kier molecular flexibility index (Phi) is 4.88. The molecule has 1 aliphatic heterocycles. The van der Waals surface area contributed by atoms with Gasteiger partial charge in [0.25, 0.3) is 0 Å². The summed E-state index contributed by atoms with van der Waals surface area (Å²) < 4.78 is 5.45. The first-order valence-electron chi connectivity index (χ1n) is 7.20. The van der Waals surface area contributed by atoms with Crippen LogP contribution in [-0.2, 0) is 4.74 Å². The number of likely N-dealkylation sites (tertiary alicyclic amines) is 1. The summed E-state index contributed by atoms with van der Waals surface area (Å²) in [5.74, 6) is 0. The zero-order chi connectivity index (χ0) is 14.8. The first-order valence-corrected chi connectivity index (χ1v) is 7.20. The zero-order valence-electron chi connectivity index (χ0n) is 13.2. The van der Waals surface area contributed by atoms with E-state index >= 15 is 0 Å². The van der Waals surface area contributed by atoms with Crippen molar-refractivity contribution < 1.29 is 14.6 Å². The third-order valence-corrected chi connectivity index (χ3v) is 3.43. The maximum Gasteiger partial charge on any atom is 0.410 e. The van der Waals surface area contributed by atoms with Gasteiger partial charge in [0, 0.05) is 6.54 Å². The van der Waals surface area contributed by atoms with Crippen LogP contribution in [0.5, 0.6) is 0 Å². The van der Waals surface area contributed by atoms with Gasteiger partial charge in [0.05, 0.1) is 12.1 Å². The molecule has 2 atom stereocenters. The van der Waals surface area contributed by atoms with Gasteiger partial charge in [-0.05, 0) is 45.4 Å². The summed E-state index contributed by atoms with van der Waals surface area (Å²) in [4.78, 5) is 14.0. The molecule has 1 saturated heterocycles. The molecule has 4 nitrogen and oxygen atoms in total. The molecule has 1 rings (SSSR count). The lowest BCUT2D eigenvalue weighted by molar-refractivity contribution is -0.0467. The number of hydrogen-bond acceptors (Lipinski definition) is 3. The Hall–Kier alpha value is -0.770. The second-order valence-electron chi connectivity index (χ2n) is 7.55. The number of nitrogens with zero attached hydrogens (tertiary/aromatic N) is 1. The molecule has 19 heavy (non-hydrogen) atoms. The SMILES string of the molecule is CC(C)(C)OC(=O)N1CCCC[C@H]1[C@H](O)C(C)(C)C. The third kappa shape index (κ3) is 4.68. The monoisotopic (exact) mass is 271 g/mol. The smallest absolute Gasteiger partial charge is 0.410 e. The lowest BCUT2D eigenvalue weighted by Crippen LogP contribution is -2.54. The number of aliphatic hydroxyl groups is 1. The third-order valence-electron chi connectivity index (χ3n) is 3.43. The quantitative estimate of drug-likeness (QED) is 0.797. The number of carbonyl (C=O) groups excluding carboxylic acids is 1. The first-order chi connectivity index (χ1) is 8.52. The average molecular weight is 271 g/mol. The predicted molar refractivity (Wildman–Crippen MR) is 76.0 cm³/mol. The minimum absolute atomic E-state index is 0.136. The van der Waals surface area contributed by atoms with Crippen molar-refractivity contribution in [1.29, 1.82) is 0 Å². The van der Waals surface area contributed by atoms with Crippen molar-refractivity contribution >= 4 is 6.09 Å². The Morgan fingerprint density at radius 3 is 2.26 bits per heavy atom. The molecule has 0 spiro atoms. The number of amides is 1. The van der Waals surface area contributed by atoms with Gasteiger partial charge < -0.3 is 14.7 Å². The number of ether oxygens (including phenoxy) is 1. The summed E-state index contributed by atoms with van der Waals surface area (Å²) in [6.07, 6.45) is 2.04. The van der Waals surface area contributed by atoms with E-state index in [2.05, 4.69) is 0 Å². The molecule has 112 valence electrons. The maximum atomic E-state index is 12.2. The first kappa shape index (κ1) is 16.3. The number of aliphatic hydroxyl groups excluding tert-OH is 1. The summed E-state index contributed by atoms with van der Waals surface area (Å²) in [5.41, 5.74) is -0.728. The molecule has 0 aromatic heterocycles. The van der Waals surface area contributed by atoms with E-state index in [-0.39, 0.29) is 17.6 Å². The van der Waals surface area contributed by atoms with Crippen molar-refractivity contribution in [3.05, 3.63) is 0 Å². The molecule has 0 saturated carbocycles. The zero-order valence-corrected chi connectivity index (χ0v) is 13.2. The fraction of sp³-hybridized carbons (Fsp3) is 0.933. The second kappa shape index (κ2) is 5.70. The van der Waals surface area contributed by atoms with E-state index in [1.165, 1.54) is 0 Å². The molecular weight excluding hydrogens is 242 g/mol. The summed E-state index contributed by atoms with van der Waals surface area (Å²) in [5, 5.41) is 10.5. The van der Waals surface area contributed by atoms with Crippen LogP contribution in [0.1, 0.15) is 60.8 Å². The highest BCUT2D eigenvalue weighted by Gasteiger charge is 2.39. The molecule has 0 unspecified atom stereocenters. The molecule has 0 aliphatic carbocycles. The number of piperidine rings is 1. The van der Waals surface area contributed by atoms with E-state index < -0.39 is 11.7 Å². The van der Waals surface area contributed by atoms with Gasteiger partial charge in [0.2, 0.25) is 0 Å². The van der Waals surface area contributed by atoms with Crippen LogP contribution >= 0.6 is 0 Å². The lowest BCUT2D eigenvalue weighted by Gasteiger charge is -2.42. The van der Waals surface area contributed by atoms with Crippen LogP contribution in [0, 0.1) is 5.41 Å². The van der Waals surface area contributed by atoms with Crippen LogP contribution in [-0.4, -0.2) is 40.4 Å². The minimum Gasteiger partial charge on any atom is -0.444 e. The highest BCUT2D eigenvalue weighted by Crippen LogP contribution is 2.30. The topological polar surface area (TPSA) is 49.8 Å². The fourth-order valence-corrected chi connectivity index (χ4v) is 2.41. The van der Waals surface area contributed by atoms with Crippen LogP contribution < -0.4 is 0 Å². The van der Waals surface area contributed by atoms with Crippen LogP contribution in [0.2, 0.25) is 0 Å². The number of rotatable bonds is 1. The molecule has 0 aromatic carbocycles. The van der Waals surface area contributed by atoms with Gasteiger partial charge in [-0.25, -0.2) is 4.79 Å². The summed E-state index contributed by atoms with van der Waals surface area (Å²) in [7, 11) is 0. The van der Waals surface area contributed by atoms with Crippen LogP contribution in [0.4, 0.5) is 4.79 Å². The van der Waals surface area contributed by atoms with E-state index in [9.17, 15) is 9.90 Å². The highest BCUT2D eigenvalue weighted by molar-refractivity contribution is 5.68. The maximum absolute atomic E-state index is 12.2. The van der Waals surface area contributed by atoms with Crippen molar-refractivity contribution in [3.8, 4) is 0 Å². The standard InChI is InChI=1S/C15H29NO3/c1-14(2,3)12(17)11-9-7-8-10-16(11)13(18)19-15(4,5)6/h11-12,17H,7-10H2,1-6H3/t11-,12-/m0/s1. The largest absolute Gasteiger partial charge is 0.444 e. The van der Waals surface area contributed by atoms with Crippen molar-refractivity contribution in [3.63, 3.8) is 0 Å². The van der Waals surface area contributed by atoms with E-state index in [0.29, 0.717) is 6.54 Å². The second-order valence-corrected chi connectivity index (χ2v) is 7.55. The molecule has 1 heterocycles. The van der Waals surface area contributed by atoms with E-state index in [1.807, 2.05) is 41.5 Å². The van der Waals surface area contributed by atoms with Crippen molar-refractivity contribution in [2.24, 2.45) is 5.41 Å². The Morgan fingerprint density at radius 1 is 1.21 bits per heavy atom. The Labute approximate surface area is 117 Å². The van der Waals surface area contributed by atoms with Crippen LogP contribution in [0.25, 0.3) is 0 Å². The normalized spacial score (nSPS) is 23.1. The van der Waals surface area contributed by atoms with Crippen molar-refractivity contribution in [2.75, 3.05) is 6.54 Å². The van der Waals surface area contributed by atoms with Gasteiger partial charge in [0.15, 0.2) is 0 Å². The van der Waals surface area contributed by atoms with Crippen LogP contribution in [0.15, 0.2) is 0 Å². The molecule has 1 aliphatic rings. The summed E-state index contributed by atoms with van der Waals surface area (Å²) in [6, 6.07) is -0.136. The molecule has 0 bridgehead atoms. The summed E-state index contributed by atoms with van der Waals surface area (Å²) in [6.45, 7) is 12.3. The van der Waals surface area contributed by atoms with Gasteiger partial charge in [-0.1, -0.05) is 20.8 Å². The molecule has 4 heteroatoms. The van der Waals surface area contributed by atoms with Crippen LogP contribution in [0.3, 0.4) is 0 Å². The predicted octanol–water partition coefficient (Wildman–Crippen LogP) is 3.18. The van der Waals surface area contributed by atoms with Gasteiger partial charge in [0.1, 0.15) is 5.60 Å². The Balaban J connectivity index is 2.81. The van der Waals surface area contributed by atoms with E-state index in [0.717, 1.165) is 19.3 Å². The summed E-state index contributed by atoms with van der Waals surface area (Å²) >= 11 is 0. The molecule has 1 amide bonds. The van der Waals surface area contributed by atoms with E-state index in [4.69, 9.17) is 4.74 Å². The Morgan fingerprint density at radius 2 is 1.79 bits per heavy atom. The Bertz CT molecular complexity index is 314. The van der Waals surface area contributed by atoms with Gasteiger partial charge in [-0.3, -0.25) is 0 Å².